The highest BCUT2D eigenvalue weighted by Gasteiger charge is 2.11. The normalized spacial score (nSPS) is 14.1. The molecule has 1 rings (SSSR count). The minimum atomic E-state index is 0.590. The Morgan fingerprint density at radius 3 is 2.25 bits per heavy atom. The van der Waals surface area contributed by atoms with Gasteiger partial charge in [0.15, 0.2) is 0 Å². The molecule has 0 aliphatic rings. The van der Waals surface area contributed by atoms with Crippen LogP contribution < -0.4 is 5.73 Å². The van der Waals surface area contributed by atoms with Gasteiger partial charge in [0.2, 0.25) is 0 Å². The van der Waals surface area contributed by atoms with Crippen LogP contribution in [0.1, 0.15) is 52.2 Å². The lowest BCUT2D eigenvalue weighted by atomic mass is 10.1. The molecule has 0 fully saturated rings. The highest BCUT2D eigenvalue weighted by molar-refractivity contribution is 5.24. The Balaban J connectivity index is 2.81. The number of hydrogen-bond acceptors (Lipinski definition) is 2. The number of rotatable bonds is 10. The summed E-state index contributed by atoms with van der Waals surface area (Å²) in [7, 11) is 0. The van der Waals surface area contributed by atoms with E-state index in [0.29, 0.717) is 18.4 Å². The van der Waals surface area contributed by atoms with Crippen LogP contribution >= 0.6 is 0 Å². The zero-order valence-electron chi connectivity index (χ0n) is 16.3. The lowest BCUT2D eigenvalue weighted by molar-refractivity contribution is 0.246. The molecule has 24 heavy (non-hydrogen) atoms. The Hall–Kier alpha value is -1.38. The SMILES string of the molecule is C/C=C(\C=C/C(C)C)CN(Cc1ccc(CN)cc1)CC(C)CC. The maximum atomic E-state index is 5.70. The van der Waals surface area contributed by atoms with Crippen molar-refractivity contribution in [2.45, 2.75) is 54.1 Å². The van der Waals surface area contributed by atoms with Crippen molar-refractivity contribution in [3.05, 3.63) is 59.2 Å². The van der Waals surface area contributed by atoms with Gasteiger partial charge in [-0.15, -0.1) is 0 Å². The van der Waals surface area contributed by atoms with Crippen LogP contribution in [0.25, 0.3) is 0 Å². The first-order valence-corrected chi connectivity index (χ1v) is 9.32. The van der Waals surface area contributed by atoms with E-state index < -0.39 is 0 Å². The van der Waals surface area contributed by atoms with Gasteiger partial charge in [0.1, 0.15) is 0 Å². The van der Waals surface area contributed by atoms with Gasteiger partial charge in [-0.25, -0.2) is 0 Å². The van der Waals surface area contributed by atoms with Crippen LogP contribution in [0.3, 0.4) is 0 Å². The maximum absolute atomic E-state index is 5.70. The van der Waals surface area contributed by atoms with E-state index in [1.807, 2.05) is 0 Å². The molecule has 2 N–H and O–H groups in total. The fraction of sp³-hybridized carbons (Fsp3) is 0.545. The first-order chi connectivity index (χ1) is 11.5. The predicted molar refractivity (Wildman–Crippen MR) is 107 cm³/mol. The molecule has 1 aromatic rings. The van der Waals surface area contributed by atoms with Crippen molar-refractivity contribution >= 4 is 0 Å². The smallest absolute Gasteiger partial charge is 0.0237 e. The lowest BCUT2D eigenvalue weighted by Crippen LogP contribution is -2.30. The summed E-state index contributed by atoms with van der Waals surface area (Å²) in [5.74, 6) is 1.30. The molecule has 1 atom stereocenters. The van der Waals surface area contributed by atoms with Gasteiger partial charge < -0.3 is 5.73 Å². The van der Waals surface area contributed by atoms with Crippen LogP contribution in [-0.4, -0.2) is 18.0 Å². The molecule has 0 bridgehead atoms. The summed E-state index contributed by atoms with van der Waals surface area (Å²) in [6.45, 7) is 14.9. The van der Waals surface area contributed by atoms with E-state index in [1.54, 1.807) is 0 Å². The minimum absolute atomic E-state index is 0.590. The van der Waals surface area contributed by atoms with E-state index in [1.165, 1.54) is 23.1 Å². The van der Waals surface area contributed by atoms with Gasteiger partial charge in [0.05, 0.1) is 0 Å². The fourth-order valence-electron chi connectivity index (χ4n) is 2.61. The first kappa shape index (κ1) is 20.7. The summed E-state index contributed by atoms with van der Waals surface area (Å²) in [6.07, 6.45) is 8.02. The molecule has 134 valence electrons. The summed E-state index contributed by atoms with van der Waals surface area (Å²) < 4.78 is 0. The fourth-order valence-corrected chi connectivity index (χ4v) is 2.61. The van der Waals surface area contributed by atoms with Crippen LogP contribution in [0.15, 0.2) is 48.1 Å². The van der Waals surface area contributed by atoms with E-state index in [-0.39, 0.29) is 0 Å². The molecule has 0 saturated heterocycles. The Morgan fingerprint density at radius 2 is 1.75 bits per heavy atom. The lowest BCUT2D eigenvalue weighted by Gasteiger charge is -2.26. The standard InChI is InChI=1S/C22H36N2/c1-6-19(5)15-24(16-20(7-2)9-8-18(3)4)17-22-12-10-21(14-23)11-13-22/h7-13,18-19H,6,14-17,23H2,1-5H3/b9-8-,20-7+. The van der Waals surface area contributed by atoms with E-state index in [9.17, 15) is 0 Å². The molecule has 1 aromatic carbocycles. The molecule has 1 unspecified atom stereocenters. The second-order valence-corrected chi connectivity index (χ2v) is 7.17. The van der Waals surface area contributed by atoms with Crippen molar-refractivity contribution < 1.29 is 0 Å². The largest absolute Gasteiger partial charge is 0.326 e. The first-order valence-electron chi connectivity index (χ1n) is 9.32. The van der Waals surface area contributed by atoms with Crippen LogP contribution in [-0.2, 0) is 13.1 Å². The van der Waals surface area contributed by atoms with Gasteiger partial charge in [0.25, 0.3) is 0 Å². The van der Waals surface area contributed by atoms with Crippen molar-refractivity contribution in [1.82, 2.24) is 4.90 Å². The van der Waals surface area contributed by atoms with Crippen LogP contribution in [0.2, 0.25) is 0 Å². The monoisotopic (exact) mass is 328 g/mol. The molecule has 0 saturated carbocycles. The molecule has 0 amide bonds. The van der Waals surface area contributed by atoms with Gasteiger partial charge in [-0.3, -0.25) is 4.90 Å². The van der Waals surface area contributed by atoms with Gasteiger partial charge in [-0.1, -0.05) is 76.6 Å². The molecule has 2 heteroatoms. The molecule has 0 aliphatic heterocycles. The zero-order valence-corrected chi connectivity index (χ0v) is 16.3. The maximum Gasteiger partial charge on any atom is 0.0237 e. The highest BCUT2D eigenvalue weighted by atomic mass is 15.1. The molecule has 0 aromatic heterocycles. The summed E-state index contributed by atoms with van der Waals surface area (Å²) in [5.41, 5.74) is 9.65. The average Bonchev–Trinajstić information content (AvgIpc) is 2.58. The number of hydrogen-bond donors (Lipinski definition) is 1. The van der Waals surface area contributed by atoms with Gasteiger partial charge in [-0.2, -0.15) is 0 Å². The van der Waals surface area contributed by atoms with E-state index in [0.717, 1.165) is 19.6 Å². The molecule has 0 heterocycles. The second kappa shape index (κ2) is 11.2. The van der Waals surface area contributed by atoms with Crippen molar-refractivity contribution in [3.8, 4) is 0 Å². The van der Waals surface area contributed by atoms with Crippen molar-refractivity contribution in [3.63, 3.8) is 0 Å². The highest BCUT2D eigenvalue weighted by Crippen LogP contribution is 2.14. The Kier molecular flexibility index (Phi) is 9.66. The third-order valence-electron chi connectivity index (χ3n) is 4.40. The van der Waals surface area contributed by atoms with E-state index in [4.69, 9.17) is 5.73 Å². The van der Waals surface area contributed by atoms with Gasteiger partial charge >= 0.3 is 0 Å². The predicted octanol–water partition coefficient (Wildman–Crippen LogP) is 5.15. The van der Waals surface area contributed by atoms with E-state index >= 15 is 0 Å². The van der Waals surface area contributed by atoms with Crippen molar-refractivity contribution in [2.75, 3.05) is 13.1 Å². The van der Waals surface area contributed by atoms with Crippen LogP contribution in [0, 0.1) is 11.8 Å². The molecular formula is C22H36N2. The molecule has 2 nitrogen and oxygen atoms in total. The average molecular weight is 329 g/mol. The molecule has 0 radical (unpaired) electrons. The summed E-state index contributed by atoms with van der Waals surface area (Å²) in [4.78, 5) is 2.56. The molecular weight excluding hydrogens is 292 g/mol. The number of benzene rings is 1. The number of allylic oxidation sites excluding steroid dienone is 2. The van der Waals surface area contributed by atoms with Crippen LogP contribution in [0.4, 0.5) is 0 Å². The Labute approximate surface area is 149 Å². The third kappa shape index (κ3) is 7.94. The number of nitrogens with zero attached hydrogens (tertiary/aromatic N) is 1. The third-order valence-corrected chi connectivity index (χ3v) is 4.40. The summed E-state index contributed by atoms with van der Waals surface area (Å²) >= 11 is 0. The minimum Gasteiger partial charge on any atom is -0.326 e. The number of nitrogens with two attached hydrogens (primary N) is 1. The molecule has 0 aliphatic carbocycles. The van der Waals surface area contributed by atoms with Crippen LogP contribution in [0.5, 0.6) is 0 Å². The zero-order chi connectivity index (χ0) is 17.9. The summed E-state index contributed by atoms with van der Waals surface area (Å²) in [5, 5.41) is 0. The van der Waals surface area contributed by atoms with Gasteiger partial charge in [-0.05, 0) is 35.5 Å². The summed E-state index contributed by atoms with van der Waals surface area (Å²) in [6, 6.07) is 8.72. The Bertz CT molecular complexity index is 511. The molecule has 0 spiro atoms. The quantitative estimate of drug-likeness (QED) is 0.602. The second-order valence-electron chi connectivity index (χ2n) is 7.17. The topological polar surface area (TPSA) is 29.3 Å². The van der Waals surface area contributed by atoms with E-state index in [2.05, 4.69) is 82.0 Å². The van der Waals surface area contributed by atoms with Crippen molar-refractivity contribution in [2.24, 2.45) is 17.6 Å². The van der Waals surface area contributed by atoms with Gasteiger partial charge in [0, 0.05) is 26.2 Å². The Morgan fingerprint density at radius 1 is 1.12 bits per heavy atom. The van der Waals surface area contributed by atoms with Crippen molar-refractivity contribution in [1.29, 1.82) is 0 Å².